The fourth-order valence-electron chi connectivity index (χ4n) is 3.26. The maximum atomic E-state index is 13.1. The van der Waals surface area contributed by atoms with Gasteiger partial charge in [0.05, 0.1) is 6.04 Å². The van der Waals surface area contributed by atoms with Gasteiger partial charge in [0.1, 0.15) is 18.6 Å². The highest BCUT2D eigenvalue weighted by Gasteiger charge is 2.38. The molecular weight excluding hydrogens is 364 g/mol. The third kappa shape index (κ3) is 6.78. The standard InChI is InChI=1S/C19H34N4O5/c1-5-12(4)16(20)18(27)22-13(9-11(2)3)19(28)23-8-6-7-14(23)17(26)21-10-15(24)25/h11-14,16H,5-10,20H2,1-4H3,(H,21,26)(H,22,27)(H,24,25). The lowest BCUT2D eigenvalue weighted by molar-refractivity contribution is -0.143. The second-order valence-corrected chi connectivity index (χ2v) is 7.90. The van der Waals surface area contributed by atoms with Crippen LogP contribution in [0.5, 0.6) is 0 Å². The molecule has 1 aliphatic heterocycles. The third-order valence-electron chi connectivity index (χ3n) is 5.13. The Hall–Kier alpha value is -2.16. The predicted molar refractivity (Wildman–Crippen MR) is 104 cm³/mol. The van der Waals surface area contributed by atoms with E-state index >= 15 is 0 Å². The summed E-state index contributed by atoms with van der Waals surface area (Å²) in [7, 11) is 0. The van der Waals surface area contributed by atoms with Crippen LogP contribution >= 0.6 is 0 Å². The molecule has 0 spiro atoms. The summed E-state index contributed by atoms with van der Waals surface area (Å²) in [5.41, 5.74) is 5.99. The molecule has 1 saturated heterocycles. The minimum atomic E-state index is -1.15. The van der Waals surface area contributed by atoms with Crippen LogP contribution in [0.15, 0.2) is 0 Å². The molecular formula is C19H34N4O5. The number of likely N-dealkylation sites (tertiary alicyclic amines) is 1. The highest BCUT2D eigenvalue weighted by molar-refractivity contribution is 5.94. The molecule has 0 radical (unpaired) electrons. The second kappa shape index (κ2) is 11.0. The van der Waals surface area contributed by atoms with Crippen molar-refractivity contribution in [1.29, 1.82) is 0 Å². The lowest BCUT2D eigenvalue weighted by Crippen LogP contribution is -2.56. The van der Waals surface area contributed by atoms with Gasteiger partial charge in [0.2, 0.25) is 17.7 Å². The van der Waals surface area contributed by atoms with E-state index in [0.717, 1.165) is 6.42 Å². The molecule has 9 nitrogen and oxygen atoms in total. The largest absolute Gasteiger partial charge is 0.480 e. The van der Waals surface area contributed by atoms with E-state index in [1.807, 2.05) is 27.7 Å². The number of carbonyl (C=O) groups excluding carboxylic acids is 3. The van der Waals surface area contributed by atoms with Crippen molar-refractivity contribution in [3.8, 4) is 0 Å². The van der Waals surface area contributed by atoms with Crippen molar-refractivity contribution in [2.45, 2.75) is 71.5 Å². The molecule has 4 unspecified atom stereocenters. The van der Waals surface area contributed by atoms with Crippen LogP contribution in [-0.2, 0) is 19.2 Å². The zero-order chi connectivity index (χ0) is 21.4. The molecule has 0 aliphatic carbocycles. The monoisotopic (exact) mass is 398 g/mol. The van der Waals surface area contributed by atoms with Gasteiger partial charge in [-0.05, 0) is 31.1 Å². The van der Waals surface area contributed by atoms with Crippen LogP contribution in [0.3, 0.4) is 0 Å². The van der Waals surface area contributed by atoms with Gasteiger partial charge in [-0.2, -0.15) is 0 Å². The zero-order valence-corrected chi connectivity index (χ0v) is 17.2. The number of carboxylic acids is 1. The average Bonchev–Trinajstić information content (AvgIpc) is 3.12. The van der Waals surface area contributed by atoms with Crippen molar-refractivity contribution in [2.75, 3.05) is 13.1 Å². The molecule has 28 heavy (non-hydrogen) atoms. The molecule has 0 aromatic carbocycles. The molecule has 5 N–H and O–H groups in total. The number of amides is 3. The highest BCUT2D eigenvalue weighted by atomic mass is 16.4. The predicted octanol–water partition coefficient (Wildman–Crippen LogP) is 0.0825. The first kappa shape index (κ1) is 23.9. The number of nitrogens with two attached hydrogens (primary N) is 1. The molecule has 1 heterocycles. The normalized spacial score (nSPS) is 19.8. The molecule has 1 fully saturated rings. The van der Waals surface area contributed by atoms with Gasteiger partial charge in [0.15, 0.2) is 0 Å². The van der Waals surface area contributed by atoms with Crippen molar-refractivity contribution in [3.63, 3.8) is 0 Å². The van der Waals surface area contributed by atoms with Crippen molar-refractivity contribution in [1.82, 2.24) is 15.5 Å². The van der Waals surface area contributed by atoms with Gasteiger partial charge in [0, 0.05) is 6.54 Å². The van der Waals surface area contributed by atoms with Crippen molar-refractivity contribution < 1.29 is 24.3 Å². The second-order valence-electron chi connectivity index (χ2n) is 7.90. The maximum absolute atomic E-state index is 13.1. The summed E-state index contributed by atoms with van der Waals surface area (Å²) in [6, 6.07) is -2.20. The Kier molecular flexibility index (Phi) is 9.37. The number of carboxylic acid groups (broad SMARTS) is 1. The third-order valence-corrected chi connectivity index (χ3v) is 5.13. The Bertz CT molecular complexity index is 581. The molecule has 0 aromatic heterocycles. The summed E-state index contributed by atoms with van der Waals surface area (Å²) in [5.74, 6) is -2.20. The van der Waals surface area contributed by atoms with Crippen molar-refractivity contribution >= 4 is 23.7 Å². The van der Waals surface area contributed by atoms with Gasteiger partial charge >= 0.3 is 5.97 Å². The Balaban J connectivity index is 2.88. The lowest BCUT2D eigenvalue weighted by atomic mass is 9.97. The maximum Gasteiger partial charge on any atom is 0.322 e. The van der Waals surface area contributed by atoms with E-state index in [9.17, 15) is 19.2 Å². The number of rotatable bonds is 10. The van der Waals surface area contributed by atoms with Crippen molar-refractivity contribution in [3.05, 3.63) is 0 Å². The molecule has 3 amide bonds. The molecule has 9 heteroatoms. The summed E-state index contributed by atoms with van der Waals surface area (Å²) >= 11 is 0. The van der Waals surface area contributed by atoms with Gasteiger partial charge in [-0.3, -0.25) is 19.2 Å². The van der Waals surface area contributed by atoms with Crippen LogP contribution in [0.25, 0.3) is 0 Å². The zero-order valence-electron chi connectivity index (χ0n) is 17.2. The summed E-state index contributed by atoms with van der Waals surface area (Å²) in [4.78, 5) is 50.0. The van der Waals surface area contributed by atoms with Gasteiger partial charge in [-0.25, -0.2) is 0 Å². The minimum Gasteiger partial charge on any atom is -0.480 e. The Morgan fingerprint density at radius 1 is 1.21 bits per heavy atom. The first-order valence-corrected chi connectivity index (χ1v) is 9.94. The van der Waals surface area contributed by atoms with Crippen molar-refractivity contribution in [2.24, 2.45) is 17.6 Å². The van der Waals surface area contributed by atoms with E-state index in [1.165, 1.54) is 4.90 Å². The number of nitrogens with zero attached hydrogens (tertiary/aromatic N) is 1. The van der Waals surface area contributed by atoms with E-state index < -0.39 is 36.5 Å². The Morgan fingerprint density at radius 2 is 1.86 bits per heavy atom. The van der Waals surface area contributed by atoms with E-state index in [4.69, 9.17) is 10.8 Å². The Morgan fingerprint density at radius 3 is 2.39 bits per heavy atom. The van der Waals surface area contributed by atoms with Gasteiger partial charge < -0.3 is 26.4 Å². The first-order valence-electron chi connectivity index (χ1n) is 9.94. The van der Waals surface area contributed by atoms with Crippen LogP contribution in [0.2, 0.25) is 0 Å². The molecule has 1 rings (SSSR count). The van der Waals surface area contributed by atoms with Crippen LogP contribution in [0, 0.1) is 11.8 Å². The molecule has 4 atom stereocenters. The van der Waals surface area contributed by atoms with E-state index in [1.54, 1.807) is 0 Å². The molecule has 160 valence electrons. The lowest BCUT2D eigenvalue weighted by Gasteiger charge is -2.30. The van der Waals surface area contributed by atoms with Gasteiger partial charge in [-0.1, -0.05) is 34.1 Å². The van der Waals surface area contributed by atoms with Crippen LogP contribution < -0.4 is 16.4 Å². The fraction of sp³-hybridized carbons (Fsp3) is 0.789. The summed E-state index contributed by atoms with van der Waals surface area (Å²) in [6.07, 6.45) is 2.28. The number of nitrogens with one attached hydrogen (secondary N) is 2. The van der Waals surface area contributed by atoms with E-state index in [-0.39, 0.29) is 23.7 Å². The number of aliphatic carboxylic acids is 1. The van der Waals surface area contributed by atoms with E-state index in [0.29, 0.717) is 25.8 Å². The summed E-state index contributed by atoms with van der Waals surface area (Å²) in [5, 5.41) is 13.8. The number of hydrogen-bond donors (Lipinski definition) is 4. The SMILES string of the molecule is CCC(C)C(N)C(=O)NC(CC(C)C)C(=O)N1CCCC1C(=O)NCC(=O)O. The van der Waals surface area contributed by atoms with Crippen LogP contribution in [-0.4, -0.2) is 64.9 Å². The quantitative estimate of drug-likeness (QED) is 0.411. The molecule has 0 aromatic rings. The topological polar surface area (TPSA) is 142 Å². The van der Waals surface area contributed by atoms with E-state index in [2.05, 4.69) is 10.6 Å². The minimum absolute atomic E-state index is 0.0175. The number of carbonyl (C=O) groups is 4. The molecule has 0 bridgehead atoms. The van der Waals surface area contributed by atoms with Crippen LogP contribution in [0.1, 0.15) is 53.4 Å². The average molecular weight is 399 g/mol. The smallest absolute Gasteiger partial charge is 0.322 e. The van der Waals surface area contributed by atoms with Gasteiger partial charge in [0.25, 0.3) is 0 Å². The summed E-state index contributed by atoms with van der Waals surface area (Å²) in [6.45, 7) is 7.62. The molecule has 1 aliphatic rings. The first-order chi connectivity index (χ1) is 13.1. The van der Waals surface area contributed by atoms with Gasteiger partial charge in [-0.15, -0.1) is 0 Å². The Labute approximate surface area is 166 Å². The molecule has 0 saturated carbocycles. The summed E-state index contributed by atoms with van der Waals surface area (Å²) < 4.78 is 0. The highest BCUT2D eigenvalue weighted by Crippen LogP contribution is 2.20. The fourth-order valence-corrected chi connectivity index (χ4v) is 3.26. The number of hydrogen-bond acceptors (Lipinski definition) is 5. The van der Waals surface area contributed by atoms with Crippen LogP contribution in [0.4, 0.5) is 0 Å².